The van der Waals surface area contributed by atoms with E-state index in [4.69, 9.17) is 11.2 Å². The van der Waals surface area contributed by atoms with Crippen LogP contribution in [0.5, 0.6) is 0 Å². The number of carbonyl (C=O) groups excluding carboxylic acids is 3. The van der Waals surface area contributed by atoms with Gasteiger partial charge in [-0.1, -0.05) is 24.6 Å². The molecule has 1 aromatic rings. The first-order valence-electron chi connectivity index (χ1n) is 10.2. The number of terminal acetylenes is 1. The molecule has 0 saturated carbocycles. The minimum Gasteiger partial charge on any atom is -0.444 e. The van der Waals surface area contributed by atoms with E-state index in [0.29, 0.717) is 5.56 Å². The van der Waals surface area contributed by atoms with Gasteiger partial charge >= 0.3 is 6.09 Å². The maximum atomic E-state index is 13.3. The summed E-state index contributed by atoms with van der Waals surface area (Å²) in [5.41, 5.74) is 1.06. The maximum absolute atomic E-state index is 13.3. The van der Waals surface area contributed by atoms with Crippen LogP contribution in [0.4, 0.5) is 4.79 Å². The van der Waals surface area contributed by atoms with Gasteiger partial charge in [-0.2, -0.15) is 0 Å². The van der Waals surface area contributed by atoms with Crippen LogP contribution in [0.2, 0.25) is 0 Å². The molecule has 1 aromatic carbocycles. The Morgan fingerprint density at radius 2 is 1.58 bits per heavy atom. The zero-order chi connectivity index (χ0) is 24.1. The fourth-order valence-electron chi connectivity index (χ4n) is 3.09. The molecule has 2 N–H and O–H groups in total. The number of rotatable bonds is 5. The highest BCUT2D eigenvalue weighted by molar-refractivity contribution is 5.93. The number of hydrogen-bond acceptors (Lipinski definition) is 4. The van der Waals surface area contributed by atoms with Crippen molar-refractivity contribution in [2.45, 2.75) is 85.5 Å². The molecule has 2 atom stereocenters. The molecule has 0 aliphatic carbocycles. The van der Waals surface area contributed by atoms with Gasteiger partial charge < -0.3 is 15.4 Å². The van der Waals surface area contributed by atoms with Crippen LogP contribution in [0.25, 0.3) is 0 Å². The van der Waals surface area contributed by atoms with Crippen molar-refractivity contribution in [3.8, 4) is 12.5 Å². The van der Waals surface area contributed by atoms with E-state index in [0.717, 1.165) is 16.0 Å². The summed E-state index contributed by atoms with van der Waals surface area (Å²) in [4.78, 5) is 39.7. The average Bonchev–Trinajstić information content (AvgIpc) is 2.57. The SMILES string of the molecule is C#CN(C(=O)C(C)NC(=O)OC(C)(C)C)C(C(=O)NC(C)(C)C)c1c(C)cccc1C. The van der Waals surface area contributed by atoms with E-state index in [2.05, 4.69) is 16.7 Å². The first kappa shape index (κ1) is 26.0. The van der Waals surface area contributed by atoms with Crippen molar-refractivity contribution in [1.82, 2.24) is 15.5 Å². The van der Waals surface area contributed by atoms with Crippen molar-refractivity contribution in [3.63, 3.8) is 0 Å². The summed E-state index contributed by atoms with van der Waals surface area (Å²) >= 11 is 0. The predicted octanol–water partition coefficient (Wildman–Crippen LogP) is 3.59. The maximum Gasteiger partial charge on any atom is 0.408 e. The number of alkyl carbamates (subject to hydrolysis) is 1. The summed E-state index contributed by atoms with van der Waals surface area (Å²) in [6.45, 7) is 15.9. The molecule has 3 amide bonds. The average molecular weight is 430 g/mol. The molecule has 0 spiro atoms. The Hall–Kier alpha value is -3.01. The summed E-state index contributed by atoms with van der Waals surface area (Å²) in [6.07, 6.45) is 4.97. The van der Waals surface area contributed by atoms with Crippen LogP contribution < -0.4 is 10.6 Å². The van der Waals surface area contributed by atoms with Gasteiger partial charge in [0.25, 0.3) is 5.91 Å². The first-order chi connectivity index (χ1) is 14.1. The third-order valence-electron chi connectivity index (χ3n) is 4.30. The van der Waals surface area contributed by atoms with E-state index in [1.807, 2.05) is 52.8 Å². The minimum atomic E-state index is -1.05. The molecule has 0 aromatic heterocycles. The molecule has 0 saturated heterocycles. The third-order valence-corrected chi connectivity index (χ3v) is 4.30. The van der Waals surface area contributed by atoms with Crippen molar-refractivity contribution in [3.05, 3.63) is 34.9 Å². The second-order valence-corrected chi connectivity index (χ2v) is 9.65. The van der Waals surface area contributed by atoms with Crippen LogP contribution in [0, 0.1) is 26.3 Å². The minimum absolute atomic E-state index is 0.402. The van der Waals surface area contributed by atoms with Gasteiger partial charge in [-0.05, 0) is 79.0 Å². The predicted molar refractivity (Wildman–Crippen MR) is 121 cm³/mol. The van der Waals surface area contributed by atoms with E-state index in [-0.39, 0.29) is 0 Å². The summed E-state index contributed by atoms with van der Waals surface area (Å²) in [7, 11) is 0. The Bertz CT molecular complexity index is 852. The van der Waals surface area contributed by atoms with Gasteiger partial charge in [0.15, 0.2) is 0 Å². The number of carbonyl (C=O) groups is 3. The van der Waals surface area contributed by atoms with E-state index >= 15 is 0 Å². The molecule has 1 rings (SSSR count). The summed E-state index contributed by atoms with van der Waals surface area (Å²) in [5, 5.41) is 5.41. The first-order valence-corrected chi connectivity index (χ1v) is 10.2. The van der Waals surface area contributed by atoms with Crippen molar-refractivity contribution in [2.75, 3.05) is 0 Å². The second kappa shape index (κ2) is 9.86. The molecule has 0 aliphatic heterocycles. The Labute approximate surface area is 185 Å². The highest BCUT2D eigenvalue weighted by atomic mass is 16.6. The third kappa shape index (κ3) is 7.63. The molecule has 0 aliphatic rings. The van der Waals surface area contributed by atoms with E-state index in [9.17, 15) is 14.4 Å². The van der Waals surface area contributed by atoms with Gasteiger partial charge in [0.1, 0.15) is 17.7 Å². The van der Waals surface area contributed by atoms with E-state index in [1.165, 1.54) is 6.92 Å². The zero-order valence-corrected chi connectivity index (χ0v) is 20.0. The summed E-state index contributed by atoms with van der Waals surface area (Å²) in [5.74, 6) is -0.995. The Morgan fingerprint density at radius 3 is 2.00 bits per heavy atom. The smallest absolute Gasteiger partial charge is 0.408 e. The van der Waals surface area contributed by atoms with Gasteiger partial charge in [-0.3, -0.25) is 14.5 Å². The molecule has 0 bridgehead atoms. The van der Waals surface area contributed by atoms with Crippen molar-refractivity contribution in [1.29, 1.82) is 0 Å². The van der Waals surface area contributed by atoms with Crippen LogP contribution >= 0.6 is 0 Å². The van der Waals surface area contributed by atoms with Crippen LogP contribution in [0.1, 0.15) is 71.2 Å². The molecule has 170 valence electrons. The molecular weight excluding hydrogens is 394 g/mol. The molecule has 7 heteroatoms. The van der Waals surface area contributed by atoms with Gasteiger partial charge in [0.05, 0.1) is 0 Å². The quantitative estimate of drug-likeness (QED) is 0.553. The van der Waals surface area contributed by atoms with Crippen LogP contribution in [0.15, 0.2) is 18.2 Å². The van der Waals surface area contributed by atoms with Crippen LogP contribution in [-0.2, 0) is 14.3 Å². The number of nitrogens with zero attached hydrogens (tertiary/aromatic N) is 1. The van der Waals surface area contributed by atoms with E-state index < -0.39 is 41.1 Å². The lowest BCUT2D eigenvalue weighted by atomic mass is 9.93. The normalized spacial score (nSPS) is 13.4. The highest BCUT2D eigenvalue weighted by Gasteiger charge is 2.36. The fraction of sp³-hybridized carbons (Fsp3) is 0.542. The van der Waals surface area contributed by atoms with Gasteiger partial charge in [0, 0.05) is 11.6 Å². The zero-order valence-electron chi connectivity index (χ0n) is 20.0. The summed E-state index contributed by atoms with van der Waals surface area (Å²) in [6, 6.07) is 5.90. The van der Waals surface area contributed by atoms with Crippen molar-refractivity contribution >= 4 is 17.9 Å². The van der Waals surface area contributed by atoms with Gasteiger partial charge in [-0.15, -0.1) is 0 Å². The lowest BCUT2D eigenvalue weighted by Gasteiger charge is -2.33. The monoisotopic (exact) mass is 429 g/mol. The largest absolute Gasteiger partial charge is 0.444 e. The molecule has 31 heavy (non-hydrogen) atoms. The van der Waals surface area contributed by atoms with Crippen LogP contribution in [0.3, 0.4) is 0 Å². The highest BCUT2D eigenvalue weighted by Crippen LogP contribution is 2.28. The van der Waals surface area contributed by atoms with E-state index in [1.54, 1.807) is 20.8 Å². The number of benzene rings is 1. The molecular formula is C24H35N3O4. The van der Waals surface area contributed by atoms with Gasteiger partial charge in [-0.25, -0.2) is 4.79 Å². The number of nitrogens with one attached hydrogen (secondary N) is 2. The Balaban J connectivity index is 3.34. The number of ether oxygens (including phenoxy) is 1. The van der Waals surface area contributed by atoms with Crippen LogP contribution in [-0.4, -0.2) is 40.0 Å². The number of aryl methyl sites for hydroxylation is 2. The van der Waals surface area contributed by atoms with Gasteiger partial charge in [0.2, 0.25) is 5.91 Å². The molecule has 7 nitrogen and oxygen atoms in total. The van der Waals surface area contributed by atoms with Crippen molar-refractivity contribution < 1.29 is 19.1 Å². The molecule has 0 radical (unpaired) electrons. The number of amides is 3. The topological polar surface area (TPSA) is 87.7 Å². The Morgan fingerprint density at radius 1 is 1.06 bits per heavy atom. The molecule has 0 fully saturated rings. The lowest BCUT2D eigenvalue weighted by molar-refractivity contribution is -0.139. The van der Waals surface area contributed by atoms with Crippen molar-refractivity contribution in [2.24, 2.45) is 0 Å². The fourth-order valence-corrected chi connectivity index (χ4v) is 3.09. The standard InChI is InChI=1S/C24H35N3O4/c1-11-27(21(29)17(4)25-22(30)31-24(8,9)10)19(20(28)26-23(5,6)7)18-15(2)13-12-14-16(18)3/h1,12-14,17,19H,2-10H3,(H,25,30)(H,26,28). The lowest BCUT2D eigenvalue weighted by Crippen LogP contribution is -2.52. The second-order valence-electron chi connectivity index (χ2n) is 9.65. The summed E-state index contributed by atoms with van der Waals surface area (Å²) < 4.78 is 5.22. The Kier molecular flexibility index (Phi) is 8.28. The molecule has 2 unspecified atom stereocenters. The molecule has 0 heterocycles. The number of hydrogen-bond donors (Lipinski definition) is 2.